The molecular weight excluding hydrogens is 406 g/mol. The fraction of sp³-hybridized carbons (Fsp3) is 0.286. The Labute approximate surface area is 176 Å². The van der Waals surface area contributed by atoms with Crippen molar-refractivity contribution in [1.29, 1.82) is 0 Å². The Morgan fingerprint density at radius 1 is 1.47 bits per heavy atom. The number of aromatic nitrogens is 2. The van der Waals surface area contributed by atoms with E-state index in [9.17, 15) is 19.8 Å². The molecule has 0 spiro atoms. The van der Waals surface area contributed by atoms with Gasteiger partial charge in [0.25, 0.3) is 0 Å². The fourth-order valence-electron chi connectivity index (χ4n) is 3.95. The topological polar surface area (TPSA) is 116 Å². The number of rotatable bonds is 6. The first kappa shape index (κ1) is 20.3. The lowest BCUT2D eigenvalue weighted by Gasteiger charge is -2.41. The van der Waals surface area contributed by atoms with Crippen LogP contribution in [0.25, 0.3) is 17.1 Å². The van der Waals surface area contributed by atoms with Gasteiger partial charge in [0.1, 0.15) is 11.8 Å². The standard InChI is InChI=1S/C21H21N3O5S/c1-12(25)21(24(2)11-14-5-4-8-30-14)17(20(27)28)18(26)16(29-21)9-13-10-23-19-15(13)6-3-7-22-19/h3-10,12,17,25H,11H2,1-2H3,(H,22,23)(H,27,28)/b16-9-. The van der Waals surface area contributed by atoms with Gasteiger partial charge in [-0.3, -0.25) is 14.5 Å². The minimum atomic E-state index is -1.73. The molecule has 156 valence electrons. The molecule has 3 aromatic rings. The molecule has 0 saturated carbocycles. The van der Waals surface area contributed by atoms with Gasteiger partial charge in [-0.25, -0.2) is 4.98 Å². The number of nitrogens with zero attached hydrogens (tertiary/aromatic N) is 2. The smallest absolute Gasteiger partial charge is 0.320 e. The van der Waals surface area contributed by atoms with Crippen LogP contribution >= 0.6 is 11.3 Å². The van der Waals surface area contributed by atoms with E-state index in [2.05, 4.69) is 9.97 Å². The number of hydrogen-bond donors (Lipinski definition) is 3. The number of ketones is 1. The lowest BCUT2D eigenvalue weighted by molar-refractivity contribution is -0.196. The number of Topliss-reactive ketones (excluding diaryl/α,β-unsaturated/α-hetero) is 1. The van der Waals surface area contributed by atoms with E-state index >= 15 is 0 Å². The summed E-state index contributed by atoms with van der Waals surface area (Å²) in [6.07, 6.45) is 3.57. The van der Waals surface area contributed by atoms with Gasteiger partial charge in [0.2, 0.25) is 11.5 Å². The number of carboxylic acids is 1. The Bertz CT molecular complexity index is 1120. The number of aliphatic hydroxyl groups excluding tert-OH is 1. The van der Waals surface area contributed by atoms with Crippen LogP contribution in [0, 0.1) is 5.92 Å². The predicted octanol–water partition coefficient (Wildman–Crippen LogP) is 2.47. The number of nitrogens with one attached hydrogen (secondary N) is 1. The molecule has 0 aromatic carbocycles. The number of thiophene rings is 1. The Morgan fingerprint density at radius 2 is 2.27 bits per heavy atom. The molecule has 1 aliphatic rings. The van der Waals surface area contributed by atoms with E-state index in [0.717, 1.165) is 10.3 Å². The number of carbonyl (C=O) groups excluding carboxylic acids is 1. The highest BCUT2D eigenvalue weighted by Crippen LogP contribution is 2.42. The summed E-state index contributed by atoms with van der Waals surface area (Å²) in [5.74, 6) is -3.70. The minimum absolute atomic E-state index is 0.105. The summed E-state index contributed by atoms with van der Waals surface area (Å²) in [6, 6.07) is 7.39. The van der Waals surface area contributed by atoms with Crippen molar-refractivity contribution in [2.45, 2.75) is 25.3 Å². The lowest BCUT2D eigenvalue weighted by atomic mass is 9.88. The fourth-order valence-corrected chi connectivity index (χ4v) is 4.70. The third-order valence-electron chi connectivity index (χ3n) is 5.38. The van der Waals surface area contributed by atoms with Gasteiger partial charge in [-0.15, -0.1) is 11.3 Å². The molecule has 3 aromatic heterocycles. The van der Waals surface area contributed by atoms with Gasteiger partial charge in [0.15, 0.2) is 11.7 Å². The SMILES string of the molecule is CC(O)C1(N(C)Cc2cccs2)O/C(=C\c2c[nH]c3ncccc23)C(=O)C1C(=O)O. The summed E-state index contributed by atoms with van der Waals surface area (Å²) in [5.41, 5.74) is -0.447. The van der Waals surface area contributed by atoms with Crippen LogP contribution in [0.1, 0.15) is 17.4 Å². The number of hydrogen-bond acceptors (Lipinski definition) is 7. The number of fused-ring (bicyclic) bond motifs is 1. The number of pyridine rings is 1. The highest BCUT2D eigenvalue weighted by molar-refractivity contribution is 7.09. The molecule has 9 heteroatoms. The van der Waals surface area contributed by atoms with Crippen LogP contribution in [-0.4, -0.2) is 55.7 Å². The zero-order valence-electron chi connectivity index (χ0n) is 16.4. The largest absolute Gasteiger partial charge is 0.481 e. The normalized spacial score (nSPS) is 23.9. The van der Waals surface area contributed by atoms with Crippen molar-refractivity contribution in [2.75, 3.05) is 7.05 Å². The van der Waals surface area contributed by atoms with Crippen molar-refractivity contribution >= 4 is 40.2 Å². The number of allylic oxidation sites excluding steroid dienone is 1. The second-order valence-electron chi connectivity index (χ2n) is 7.25. The second kappa shape index (κ2) is 7.67. The van der Waals surface area contributed by atoms with Crippen LogP contribution in [0.2, 0.25) is 0 Å². The zero-order valence-corrected chi connectivity index (χ0v) is 17.2. The third kappa shape index (κ3) is 3.20. The summed E-state index contributed by atoms with van der Waals surface area (Å²) < 4.78 is 6.01. The van der Waals surface area contributed by atoms with Crippen molar-refractivity contribution in [3.63, 3.8) is 0 Å². The third-order valence-corrected chi connectivity index (χ3v) is 6.24. The number of ether oxygens (including phenoxy) is 1. The van der Waals surface area contributed by atoms with Gasteiger partial charge in [-0.1, -0.05) is 6.07 Å². The number of H-pyrrole nitrogens is 1. The summed E-state index contributed by atoms with van der Waals surface area (Å²) in [7, 11) is 1.65. The number of aromatic amines is 1. The Hall–Kier alpha value is -3.01. The molecule has 4 rings (SSSR count). The van der Waals surface area contributed by atoms with Gasteiger partial charge < -0.3 is 19.9 Å². The van der Waals surface area contributed by atoms with Gasteiger partial charge in [-0.05, 0) is 43.6 Å². The van der Waals surface area contributed by atoms with Crippen molar-refractivity contribution in [3.8, 4) is 0 Å². The second-order valence-corrected chi connectivity index (χ2v) is 8.29. The molecular formula is C21H21N3O5S. The molecule has 0 aliphatic carbocycles. The van der Waals surface area contributed by atoms with E-state index in [0.29, 0.717) is 17.8 Å². The maximum absolute atomic E-state index is 13.1. The molecule has 3 atom stereocenters. The van der Waals surface area contributed by atoms with Crippen LogP contribution in [-0.2, 0) is 20.9 Å². The van der Waals surface area contributed by atoms with E-state index in [4.69, 9.17) is 4.74 Å². The number of aliphatic carboxylic acids is 1. The molecule has 0 radical (unpaired) electrons. The van der Waals surface area contributed by atoms with E-state index in [-0.39, 0.29) is 5.76 Å². The molecule has 1 saturated heterocycles. The molecule has 3 N–H and O–H groups in total. The molecule has 3 unspecified atom stereocenters. The van der Waals surface area contributed by atoms with Crippen LogP contribution in [0.3, 0.4) is 0 Å². The molecule has 4 heterocycles. The van der Waals surface area contributed by atoms with E-state index in [1.807, 2.05) is 23.6 Å². The summed E-state index contributed by atoms with van der Waals surface area (Å²) in [4.78, 5) is 35.0. The summed E-state index contributed by atoms with van der Waals surface area (Å²) in [5, 5.41) is 23.2. The molecule has 1 fully saturated rings. The zero-order chi connectivity index (χ0) is 21.5. The van der Waals surface area contributed by atoms with Crippen LogP contribution < -0.4 is 0 Å². The quantitative estimate of drug-likeness (QED) is 0.409. The van der Waals surface area contributed by atoms with Gasteiger partial charge >= 0.3 is 5.97 Å². The Kier molecular flexibility index (Phi) is 5.19. The monoisotopic (exact) mass is 427 g/mol. The average Bonchev–Trinajstić information content (AvgIpc) is 3.41. The summed E-state index contributed by atoms with van der Waals surface area (Å²) in [6.45, 7) is 1.76. The average molecular weight is 427 g/mol. The predicted molar refractivity (Wildman–Crippen MR) is 111 cm³/mol. The molecule has 0 amide bonds. The van der Waals surface area contributed by atoms with Gasteiger partial charge in [-0.2, -0.15) is 0 Å². The molecule has 30 heavy (non-hydrogen) atoms. The van der Waals surface area contributed by atoms with Crippen molar-refractivity contribution in [1.82, 2.24) is 14.9 Å². The number of carbonyl (C=O) groups is 2. The van der Waals surface area contributed by atoms with Gasteiger partial charge in [0.05, 0.1) is 0 Å². The maximum atomic E-state index is 13.1. The number of carboxylic acid groups (broad SMARTS) is 1. The highest BCUT2D eigenvalue weighted by atomic mass is 32.1. The van der Waals surface area contributed by atoms with Crippen LogP contribution in [0.5, 0.6) is 0 Å². The lowest BCUT2D eigenvalue weighted by Crippen LogP contribution is -2.60. The first-order chi connectivity index (χ1) is 14.3. The Morgan fingerprint density at radius 3 is 2.93 bits per heavy atom. The van der Waals surface area contributed by atoms with Crippen molar-refractivity contribution < 1.29 is 24.5 Å². The maximum Gasteiger partial charge on any atom is 0.320 e. The molecule has 8 nitrogen and oxygen atoms in total. The van der Waals surface area contributed by atoms with Crippen molar-refractivity contribution in [2.24, 2.45) is 5.92 Å². The minimum Gasteiger partial charge on any atom is -0.481 e. The number of aliphatic hydroxyl groups is 1. The van der Waals surface area contributed by atoms with Crippen molar-refractivity contribution in [3.05, 3.63) is 58.2 Å². The van der Waals surface area contributed by atoms with Crippen LogP contribution in [0.4, 0.5) is 0 Å². The number of likely N-dealkylation sites (N-methyl/N-ethyl adjacent to an activating group) is 1. The van der Waals surface area contributed by atoms with E-state index in [1.54, 1.807) is 30.4 Å². The molecule has 0 bridgehead atoms. The van der Waals surface area contributed by atoms with E-state index < -0.39 is 29.5 Å². The Balaban J connectivity index is 1.78. The molecule has 1 aliphatic heterocycles. The first-order valence-corrected chi connectivity index (χ1v) is 10.2. The van der Waals surface area contributed by atoms with Gasteiger partial charge in [0, 0.05) is 34.8 Å². The highest BCUT2D eigenvalue weighted by Gasteiger charge is 2.62. The first-order valence-electron chi connectivity index (χ1n) is 9.36. The summed E-state index contributed by atoms with van der Waals surface area (Å²) >= 11 is 1.50. The van der Waals surface area contributed by atoms with E-state index in [1.165, 1.54) is 24.3 Å². The van der Waals surface area contributed by atoms with Crippen LogP contribution in [0.15, 0.2) is 47.8 Å².